The minimum atomic E-state index is -0.131. The molecule has 1 amide bonds. The quantitative estimate of drug-likeness (QED) is 0.659. The molecule has 0 radical (unpaired) electrons. The maximum Gasteiger partial charge on any atom is 0.276 e. The van der Waals surface area contributed by atoms with E-state index >= 15 is 0 Å². The van der Waals surface area contributed by atoms with E-state index in [4.69, 9.17) is 13.8 Å². The van der Waals surface area contributed by atoms with Crippen molar-refractivity contribution in [3.05, 3.63) is 53.0 Å². The molecular formula is C21H23N3O4. The predicted molar refractivity (Wildman–Crippen MR) is 102 cm³/mol. The van der Waals surface area contributed by atoms with E-state index in [0.717, 1.165) is 47.6 Å². The lowest BCUT2D eigenvalue weighted by Crippen LogP contribution is -2.31. The molecule has 7 heteroatoms. The van der Waals surface area contributed by atoms with Crippen LogP contribution in [0.15, 0.2) is 39.4 Å². The van der Waals surface area contributed by atoms with Gasteiger partial charge in [-0.05, 0) is 44.0 Å². The number of nitrogens with zero attached hydrogens (tertiary/aromatic N) is 3. The maximum absolute atomic E-state index is 13.1. The Morgan fingerprint density at radius 1 is 1.25 bits per heavy atom. The highest BCUT2D eigenvalue weighted by Crippen LogP contribution is 2.37. The fourth-order valence-corrected chi connectivity index (χ4v) is 3.83. The molecule has 1 fully saturated rings. The van der Waals surface area contributed by atoms with Crippen LogP contribution in [0.2, 0.25) is 0 Å². The third-order valence-corrected chi connectivity index (χ3v) is 5.25. The van der Waals surface area contributed by atoms with Crippen molar-refractivity contribution in [3.63, 3.8) is 0 Å². The zero-order valence-corrected chi connectivity index (χ0v) is 16.3. The standard InChI is InChI=1S/C21H23N3O4/c1-4-18-20(13(2)22-27-18)17-6-5-11-24(17)21(25)16-12-19(28-23-16)14-7-9-15(26-3)10-8-14/h7-10,12,17H,4-6,11H2,1-3H3. The van der Waals surface area contributed by atoms with Crippen molar-refractivity contribution < 1.29 is 18.6 Å². The molecule has 2 aromatic heterocycles. The number of likely N-dealkylation sites (tertiary alicyclic amines) is 1. The molecule has 1 saturated heterocycles. The average Bonchev–Trinajstić information content (AvgIpc) is 3.46. The first-order valence-corrected chi connectivity index (χ1v) is 9.49. The van der Waals surface area contributed by atoms with Crippen LogP contribution in [0.4, 0.5) is 0 Å². The van der Waals surface area contributed by atoms with Crippen molar-refractivity contribution in [2.24, 2.45) is 0 Å². The van der Waals surface area contributed by atoms with Crippen LogP contribution < -0.4 is 4.74 Å². The summed E-state index contributed by atoms with van der Waals surface area (Å²) in [6.07, 6.45) is 2.58. The van der Waals surface area contributed by atoms with E-state index in [1.165, 1.54) is 0 Å². The molecule has 1 atom stereocenters. The van der Waals surface area contributed by atoms with Gasteiger partial charge in [0.1, 0.15) is 11.5 Å². The maximum atomic E-state index is 13.1. The average molecular weight is 381 g/mol. The van der Waals surface area contributed by atoms with Crippen molar-refractivity contribution in [3.8, 4) is 17.1 Å². The number of hydrogen-bond donors (Lipinski definition) is 0. The molecule has 3 heterocycles. The smallest absolute Gasteiger partial charge is 0.276 e. The van der Waals surface area contributed by atoms with Crippen LogP contribution in [0.3, 0.4) is 0 Å². The summed E-state index contributed by atoms with van der Waals surface area (Å²) < 4.78 is 16.0. The Hall–Kier alpha value is -3.09. The minimum Gasteiger partial charge on any atom is -0.497 e. The fraction of sp³-hybridized carbons (Fsp3) is 0.381. The Morgan fingerprint density at radius 2 is 2.04 bits per heavy atom. The second kappa shape index (κ2) is 7.50. The summed E-state index contributed by atoms with van der Waals surface area (Å²) in [7, 11) is 1.62. The third-order valence-electron chi connectivity index (χ3n) is 5.25. The van der Waals surface area contributed by atoms with Crippen LogP contribution in [-0.4, -0.2) is 34.8 Å². The molecule has 1 aliphatic heterocycles. The minimum absolute atomic E-state index is 0.0326. The molecule has 0 saturated carbocycles. The molecule has 0 aliphatic carbocycles. The zero-order valence-electron chi connectivity index (χ0n) is 16.3. The van der Waals surface area contributed by atoms with Gasteiger partial charge in [-0.3, -0.25) is 4.79 Å². The van der Waals surface area contributed by atoms with E-state index in [1.807, 2.05) is 43.0 Å². The highest BCUT2D eigenvalue weighted by Gasteiger charge is 2.35. The summed E-state index contributed by atoms with van der Waals surface area (Å²) in [5.41, 5.74) is 3.03. The molecule has 1 aliphatic rings. The number of benzene rings is 1. The third kappa shape index (κ3) is 3.17. The van der Waals surface area contributed by atoms with E-state index in [1.54, 1.807) is 13.2 Å². The summed E-state index contributed by atoms with van der Waals surface area (Å²) in [6.45, 7) is 4.64. The first-order valence-electron chi connectivity index (χ1n) is 9.49. The lowest BCUT2D eigenvalue weighted by Gasteiger charge is -2.24. The summed E-state index contributed by atoms with van der Waals surface area (Å²) in [6, 6.07) is 9.10. The van der Waals surface area contributed by atoms with E-state index < -0.39 is 0 Å². The van der Waals surface area contributed by atoms with Gasteiger partial charge in [0.05, 0.1) is 18.8 Å². The van der Waals surface area contributed by atoms with Crippen LogP contribution in [0.5, 0.6) is 5.75 Å². The molecule has 146 valence electrons. The summed E-state index contributed by atoms with van der Waals surface area (Å²) in [4.78, 5) is 15.0. The summed E-state index contributed by atoms with van der Waals surface area (Å²) >= 11 is 0. The Labute approximate surface area is 163 Å². The van der Waals surface area contributed by atoms with Crippen LogP contribution in [-0.2, 0) is 6.42 Å². The summed E-state index contributed by atoms with van der Waals surface area (Å²) in [5.74, 6) is 2.03. The molecule has 0 spiro atoms. The summed E-state index contributed by atoms with van der Waals surface area (Å²) in [5, 5.41) is 8.12. The molecule has 28 heavy (non-hydrogen) atoms. The van der Waals surface area contributed by atoms with Crippen LogP contribution >= 0.6 is 0 Å². The Kier molecular flexibility index (Phi) is 4.90. The van der Waals surface area contributed by atoms with Gasteiger partial charge in [0.15, 0.2) is 11.5 Å². The number of carbonyl (C=O) groups excluding carboxylic acids is 1. The lowest BCUT2D eigenvalue weighted by atomic mass is 10.0. The zero-order chi connectivity index (χ0) is 19.7. The number of methoxy groups -OCH3 is 1. The van der Waals surface area contributed by atoms with Crippen LogP contribution in [0, 0.1) is 6.92 Å². The second-order valence-electron chi connectivity index (χ2n) is 6.92. The Balaban J connectivity index is 1.58. The molecule has 0 bridgehead atoms. The number of ether oxygens (including phenoxy) is 1. The van der Waals surface area contributed by atoms with Gasteiger partial charge in [-0.25, -0.2) is 0 Å². The highest BCUT2D eigenvalue weighted by molar-refractivity contribution is 5.93. The van der Waals surface area contributed by atoms with Crippen molar-refractivity contribution in [2.75, 3.05) is 13.7 Å². The van der Waals surface area contributed by atoms with E-state index in [2.05, 4.69) is 10.3 Å². The SMILES string of the molecule is CCc1onc(C)c1C1CCCN1C(=O)c1cc(-c2ccc(OC)cc2)on1. The number of rotatable bonds is 5. The number of hydrogen-bond acceptors (Lipinski definition) is 6. The molecule has 3 aromatic rings. The first kappa shape index (κ1) is 18.3. The van der Waals surface area contributed by atoms with Gasteiger partial charge in [-0.1, -0.05) is 17.2 Å². The Morgan fingerprint density at radius 3 is 2.75 bits per heavy atom. The van der Waals surface area contributed by atoms with Gasteiger partial charge >= 0.3 is 0 Å². The van der Waals surface area contributed by atoms with E-state index in [9.17, 15) is 4.79 Å². The lowest BCUT2D eigenvalue weighted by molar-refractivity contribution is 0.0724. The molecular weight excluding hydrogens is 358 g/mol. The molecule has 0 N–H and O–H groups in total. The molecule has 7 nitrogen and oxygen atoms in total. The number of aryl methyl sites for hydroxylation is 2. The van der Waals surface area contributed by atoms with E-state index in [-0.39, 0.29) is 11.9 Å². The fourth-order valence-electron chi connectivity index (χ4n) is 3.83. The molecule has 1 unspecified atom stereocenters. The van der Waals surface area contributed by atoms with Crippen molar-refractivity contribution in [1.82, 2.24) is 15.2 Å². The number of carbonyl (C=O) groups is 1. The Bertz CT molecular complexity index is 974. The van der Waals surface area contributed by atoms with Crippen LogP contribution in [0.25, 0.3) is 11.3 Å². The monoisotopic (exact) mass is 381 g/mol. The van der Waals surface area contributed by atoms with Gasteiger partial charge < -0.3 is 18.7 Å². The van der Waals surface area contributed by atoms with Gasteiger partial charge in [-0.2, -0.15) is 0 Å². The van der Waals surface area contributed by atoms with Crippen molar-refractivity contribution in [1.29, 1.82) is 0 Å². The number of amides is 1. The van der Waals surface area contributed by atoms with Gasteiger partial charge in [0.25, 0.3) is 5.91 Å². The highest BCUT2D eigenvalue weighted by atomic mass is 16.5. The molecule has 4 rings (SSSR count). The van der Waals surface area contributed by atoms with Gasteiger partial charge in [-0.15, -0.1) is 0 Å². The largest absolute Gasteiger partial charge is 0.497 e. The van der Waals surface area contributed by atoms with Crippen LogP contribution in [0.1, 0.15) is 53.3 Å². The van der Waals surface area contributed by atoms with Gasteiger partial charge in [0, 0.05) is 30.2 Å². The number of aromatic nitrogens is 2. The predicted octanol–water partition coefficient (Wildman–Crippen LogP) is 4.19. The molecule has 1 aromatic carbocycles. The topological polar surface area (TPSA) is 81.6 Å². The first-order chi connectivity index (χ1) is 13.6. The normalized spacial score (nSPS) is 16.5. The van der Waals surface area contributed by atoms with Crippen molar-refractivity contribution in [2.45, 2.75) is 39.2 Å². The van der Waals surface area contributed by atoms with Gasteiger partial charge in [0.2, 0.25) is 0 Å². The van der Waals surface area contributed by atoms with E-state index in [0.29, 0.717) is 18.0 Å². The second-order valence-corrected chi connectivity index (χ2v) is 6.92. The van der Waals surface area contributed by atoms with Crippen molar-refractivity contribution >= 4 is 5.91 Å².